The van der Waals surface area contributed by atoms with Crippen LogP contribution in [0, 0.1) is 6.92 Å². The van der Waals surface area contributed by atoms with E-state index in [0.29, 0.717) is 17.1 Å². The number of furan rings is 1. The molecule has 1 aromatic carbocycles. The number of hydrogen-bond donors (Lipinski definition) is 1. The molecule has 0 atom stereocenters. The molecule has 1 N–H and O–H groups in total. The molecule has 0 saturated heterocycles. The van der Waals surface area contributed by atoms with Gasteiger partial charge in [-0.3, -0.25) is 0 Å². The highest BCUT2D eigenvalue weighted by atomic mass is 16.5. The van der Waals surface area contributed by atoms with Crippen LogP contribution in [-0.4, -0.2) is 21.2 Å². The maximum Gasteiger partial charge on any atom is 0.335 e. The molecule has 2 heterocycles. The topological polar surface area (TPSA) is 89.4 Å². The minimum Gasteiger partial charge on any atom is -0.478 e. The Hall–Kier alpha value is -2.89. The zero-order valence-corrected chi connectivity index (χ0v) is 10.5. The van der Waals surface area contributed by atoms with E-state index in [1.807, 2.05) is 6.92 Å². The highest BCUT2D eigenvalue weighted by Crippen LogP contribution is 2.25. The molecule has 6 nitrogen and oxygen atoms in total. The molecule has 100 valence electrons. The summed E-state index contributed by atoms with van der Waals surface area (Å²) >= 11 is 0. The highest BCUT2D eigenvalue weighted by molar-refractivity contribution is 5.89. The molecule has 0 aliphatic rings. The van der Waals surface area contributed by atoms with Gasteiger partial charge in [-0.25, -0.2) is 4.79 Å². The van der Waals surface area contributed by atoms with Crippen LogP contribution in [0.4, 0.5) is 0 Å². The molecule has 0 aliphatic heterocycles. The van der Waals surface area contributed by atoms with Gasteiger partial charge in [-0.15, -0.1) is 0 Å². The number of nitrogens with zero attached hydrogens (tertiary/aromatic N) is 2. The Morgan fingerprint density at radius 3 is 2.85 bits per heavy atom. The largest absolute Gasteiger partial charge is 0.478 e. The molecule has 20 heavy (non-hydrogen) atoms. The predicted molar refractivity (Wildman–Crippen MR) is 69.1 cm³/mol. The SMILES string of the molecule is Cc1ccoc1-c1nc(-c2cccc(C(=O)O)c2)no1. The minimum atomic E-state index is -1.00. The monoisotopic (exact) mass is 270 g/mol. The standard InChI is InChI=1S/C14H10N2O4/c1-8-5-6-19-11(8)13-15-12(16-20-13)9-3-2-4-10(7-9)14(17)18/h2-7H,1H3,(H,17,18). The van der Waals surface area contributed by atoms with Crippen LogP contribution in [0.25, 0.3) is 23.0 Å². The molecule has 3 rings (SSSR count). The molecule has 0 fully saturated rings. The van der Waals surface area contributed by atoms with E-state index in [-0.39, 0.29) is 11.5 Å². The minimum absolute atomic E-state index is 0.169. The molecule has 0 saturated carbocycles. The van der Waals surface area contributed by atoms with Crippen molar-refractivity contribution in [1.29, 1.82) is 0 Å². The highest BCUT2D eigenvalue weighted by Gasteiger charge is 2.16. The molecule has 3 aromatic rings. The number of rotatable bonds is 3. The molecule has 2 aromatic heterocycles. The second kappa shape index (κ2) is 4.65. The van der Waals surface area contributed by atoms with Gasteiger partial charge < -0.3 is 14.0 Å². The van der Waals surface area contributed by atoms with E-state index in [2.05, 4.69) is 10.1 Å². The van der Waals surface area contributed by atoms with Crippen molar-refractivity contribution in [2.75, 3.05) is 0 Å². The van der Waals surface area contributed by atoms with E-state index in [4.69, 9.17) is 14.0 Å². The summed E-state index contributed by atoms with van der Waals surface area (Å²) < 4.78 is 10.4. The van der Waals surface area contributed by atoms with Gasteiger partial charge >= 0.3 is 5.97 Å². The molecule has 0 bridgehead atoms. The third kappa shape index (κ3) is 2.07. The number of benzene rings is 1. The molecule has 6 heteroatoms. The Kier molecular flexibility index (Phi) is 2.83. The number of carboxylic acid groups (broad SMARTS) is 1. The van der Waals surface area contributed by atoms with Gasteiger partial charge in [0, 0.05) is 11.1 Å². The number of aromatic nitrogens is 2. The Bertz CT molecular complexity index is 773. The number of carboxylic acids is 1. The quantitative estimate of drug-likeness (QED) is 0.786. The molecular weight excluding hydrogens is 260 g/mol. The van der Waals surface area contributed by atoms with E-state index in [1.165, 1.54) is 12.1 Å². The Morgan fingerprint density at radius 1 is 1.30 bits per heavy atom. The Morgan fingerprint density at radius 2 is 2.15 bits per heavy atom. The fourth-order valence-electron chi connectivity index (χ4n) is 1.82. The van der Waals surface area contributed by atoms with E-state index in [9.17, 15) is 4.79 Å². The lowest BCUT2D eigenvalue weighted by molar-refractivity contribution is 0.0697. The fourth-order valence-corrected chi connectivity index (χ4v) is 1.82. The van der Waals surface area contributed by atoms with Gasteiger partial charge in [0.1, 0.15) is 0 Å². The first-order valence-electron chi connectivity index (χ1n) is 5.87. The smallest absolute Gasteiger partial charge is 0.335 e. The lowest BCUT2D eigenvalue weighted by Gasteiger charge is -1.96. The van der Waals surface area contributed by atoms with Crippen molar-refractivity contribution in [1.82, 2.24) is 10.1 Å². The van der Waals surface area contributed by atoms with Crippen molar-refractivity contribution >= 4 is 5.97 Å². The summed E-state index contributed by atoms with van der Waals surface area (Å²) in [5.74, 6) is 0.0951. The number of aryl methyl sites for hydroxylation is 1. The lowest BCUT2D eigenvalue weighted by Crippen LogP contribution is -1.96. The molecule has 0 radical (unpaired) electrons. The lowest BCUT2D eigenvalue weighted by atomic mass is 10.1. The van der Waals surface area contributed by atoms with Gasteiger partial charge in [0.25, 0.3) is 5.89 Å². The summed E-state index contributed by atoms with van der Waals surface area (Å²) in [4.78, 5) is 15.2. The second-order valence-corrected chi connectivity index (χ2v) is 4.24. The van der Waals surface area contributed by atoms with E-state index >= 15 is 0 Å². The number of aromatic carboxylic acids is 1. The van der Waals surface area contributed by atoms with Gasteiger partial charge in [0.05, 0.1) is 11.8 Å². The molecular formula is C14H10N2O4. The van der Waals surface area contributed by atoms with E-state index in [0.717, 1.165) is 5.56 Å². The molecule has 0 spiro atoms. The normalized spacial score (nSPS) is 10.7. The van der Waals surface area contributed by atoms with Crippen molar-refractivity contribution in [2.45, 2.75) is 6.92 Å². The van der Waals surface area contributed by atoms with Crippen LogP contribution < -0.4 is 0 Å². The van der Waals surface area contributed by atoms with Crippen LogP contribution in [0.3, 0.4) is 0 Å². The summed E-state index contributed by atoms with van der Waals surface area (Å²) in [6, 6.07) is 8.14. The van der Waals surface area contributed by atoms with Gasteiger partial charge in [-0.05, 0) is 25.1 Å². The van der Waals surface area contributed by atoms with Gasteiger partial charge in [0.15, 0.2) is 5.76 Å². The fraction of sp³-hybridized carbons (Fsp3) is 0.0714. The van der Waals surface area contributed by atoms with E-state index in [1.54, 1.807) is 24.5 Å². The first-order chi connectivity index (χ1) is 9.65. The van der Waals surface area contributed by atoms with Crippen LogP contribution in [-0.2, 0) is 0 Å². The number of hydrogen-bond acceptors (Lipinski definition) is 5. The Labute approximate surface area is 113 Å². The maximum absolute atomic E-state index is 10.9. The van der Waals surface area contributed by atoms with Crippen molar-refractivity contribution in [2.24, 2.45) is 0 Å². The van der Waals surface area contributed by atoms with Crippen molar-refractivity contribution in [3.8, 4) is 23.0 Å². The third-order valence-corrected chi connectivity index (χ3v) is 2.85. The van der Waals surface area contributed by atoms with E-state index < -0.39 is 5.97 Å². The summed E-state index contributed by atoms with van der Waals surface area (Å²) in [7, 11) is 0. The summed E-state index contributed by atoms with van der Waals surface area (Å²) in [6.07, 6.45) is 1.54. The van der Waals surface area contributed by atoms with Crippen molar-refractivity contribution in [3.63, 3.8) is 0 Å². The zero-order chi connectivity index (χ0) is 14.1. The number of carbonyl (C=O) groups is 1. The average molecular weight is 270 g/mol. The average Bonchev–Trinajstić information content (AvgIpc) is 3.07. The Balaban J connectivity index is 2.00. The maximum atomic E-state index is 10.9. The third-order valence-electron chi connectivity index (χ3n) is 2.85. The second-order valence-electron chi connectivity index (χ2n) is 4.24. The van der Waals surface area contributed by atoms with Crippen LogP contribution in [0.1, 0.15) is 15.9 Å². The van der Waals surface area contributed by atoms with Gasteiger partial charge in [0.2, 0.25) is 5.82 Å². The van der Waals surface area contributed by atoms with Crippen LogP contribution in [0.15, 0.2) is 45.5 Å². The van der Waals surface area contributed by atoms with Gasteiger partial charge in [-0.2, -0.15) is 4.98 Å². The zero-order valence-electron chi connectivity index (χ0n) is 10.5. The van der Waals surface area contributed by atoms with Crippen molar-refractivity contribution < 1.29 is 18.8 Å². The first kappa shape index (κ1) is 12.2. The molecule has 0 aliphatic carbocycles. The summed E-state index contributed by atoms with van der Waals surface area (Å²) in [6.45, 7) is 1.87. The van der Waals surface area contributed by atoms with Crippen LogP contribution in [0.5, 0.6) is 0 Å². The van der Waals surface area contributed by atoms with Gasteiger partial charge in [-0.1, -0.05) is 17.3 Å². The summed E-state index contributed by atoms with van der Waals surface area (Å²) in [5.41, 5.74) is 1.63. The molecule has 0 unspecified atom stereocenters. The molecule has 0 amide bonds. The van der Waals surface area contributed by atoms with Crippen LogP contribution in [0.2, 0.25) is 0 Å². The van der Waals surface area contributed by atoms with Crippen LogP contribution >= 0.6 is 0 Å². The first-order valence-corrected chi connectivity index (χ1v) is 5.87. The predicted octanol–water partition coefficient (Wildman–Crippen LogP) is 3.00. The summed E-state index contributed by atoms with van der Waals surface area (Å²) in [5, 5.41) is 12.8. The van der Waals surface area contributed by atoms with Crippen molar-refractivity contribution in [3.05, 3.63) is 47.7 Å².